The fraction of sp³-hybridized carbons (Fsp3) is 0.333. The number of nitrogens with zero attached hydrogens (tertiary/aromatic N) is 1. The summed E-state index contributed by atoms with van der Waals surface area (Å²) in [6.07, 6.45) is 4.06. The molecule has 0 aliphatic carbocycles. The maximum atomic E-state index is 12.4. The summed E-state index contributed by atoms with van der Waals surface area (Å²) in [6, 6.07) is 7.49. The minimum absolute atomic E-state index is 0.0466. The number of nitrogens with one attached hydrogen (secondary N) is 2. The van der Waals surface area contributed by atoms with E-state index < -0.39 is 6.04 Å². The summed E-state index contributed by atoms with van der Waals surface area (Å²) < 4.78 is 0. The molecule has 5 heteroatoms. The summed E-state index contributed by atoms with van der Waals surface area (Å²) in [5.41, 5.74) is 2.00. The Hall–Kier alpha value is -2.14. The van der Waals surface area contributed by atoms with Gasteiger partial charge in [0.1, 0.15) is 6.04 Å². The first kappa shape index (κ1) is 12.9. The molecule has 2 aromatic rings. The highest BCUT2D eigenvalue weighted by atomic mass is 16.1. The highest BCUT2D eigenvalue weighted by molar-refractivity contribution is 5.93. The number of hydrogen-bond donors (Lipinski definition) is 2. The van der Waals surface area contributed by atoms with E-state index in [-0.39, 0.29) is 5.78 Å². The number of carbonyl (C=O) groups is 1. The van der Waals surface area contributed by atoms with Gasteiger partial charge in [-0.15, -0.1) is 0 Å². The van der Waals surface area contributed by atoms with Crippen LogP contribution < -0.4 is 5.32 Å². The quantitative estimate of drug-likeness (QED) is 0.856. The van der Waals surface area contributed by atoms with Crippen molar-refractivity contribution < 1.29 is 9.59 Å². The molecule has 20 heavy (non-hydrogen) atoms. The zero-order valence-electron chi connectivity index (χ0n) is 11.1. The van der Waals surface area contributed by atoms with Crippen LogP contribution in [0.3, 0.4) is 0 Å². The van der Waals surface area contributed by atoms with Gasteiger partial charge in [0.2, 0.25) is 0 Å². The zero-order chi connectivity index (χ0) is 13.9. The maximum Gasteiger partial charge on any atom is 0.312 e. The number of hydrogen-bond acceptors (Lipinski definition) is 3. The first-order valence-corrected chi connectivity index (χ1v) is 6.72. The van der Waals surface area contributed by atoms with Gasteiger partial charge in [0.25, 0.3) is 0 Å². The van der Waals surface area contributed by atoms with Gasteiger partial charge < -0.3 is 15.2 Å². The summed E-state index contributed by atoms with van der Waals surface area (Å²) in [4.78, 5) is 27.9. The van der Waals surface area contributed by atoms with Crippen molar-refractivity contribution in [3.8, 4) is 0 Å². The van der Waals surface area contributed by atoms with Crippen molar-refractivity contribution in [3.63, 3.8) is 0 Å². The molecule has 2 N–H and O–H groups in total. The molecule has 1 aromatic carbocycles. The third kappa shape index (κ3) is 2.32. The number of ketones is 1. The smallest absolute Gasteiger partial charge is 0.312 e. The fourth-order valence-electron chi connectivity index (χ4n) is 2.68. The van der Waals surface area contributed by atoms with E-state index in [0.29, 0.717) is 26.1 Å². The van der Waals surface area contributed by atoms with E-state index in [2.05, 4.69) is 10.3 Å². The molecule has 1 aliphatic heterocycles. The lowest BCUT2D eigenvalue weighted by molar-refractivity contribution is -0.122. The standard InChI is InChI=1S/C15H16N3O2/c19-10-18-6-5-16-9-14(18)15(20)7-11-8-17-13-4-2-1-3-12(11)13/h1-4,8,14,16-17H,5-7,9H2. The van der Waals surface area contributed by atoms with Crippen LogP contribution in [0.2, 0.25) is 0 Å². The average Bonchev–Trinajstić information content (AvgIpc) is 2.90. The maximum absolute atomic E-state index is 12.4. The van der Waals surface area contributed by atoms with E-state index >= 15 is 0 Å². The Kier molecular flexibility index (Phi) is 3.52. The number of aromatic nitrogens is 1. The third-order valence-corrected chi connectivity index (χ3v) is 3.77. The molecule has 103 valence electrons. The Balaban J connectivity index is 1.79. The van der Waals surface area contributed by atoms with Crippen LogP contribution in [-0.4, -0.2) is 47.8 Å². The number of H-pyrrole nitrogens is 1. The van der Waals surface area contributed by atoms with Crippen LogP contribution in [-0.2, 0) is 16.0 Å². The van der Waals surface area contributed by atoms with Crippen molar-refractivity contribution in [1.29, 1.82) is 0 Å². The van der Waals surface area contributed by atoms with Crippen LogP contribution in [0, 0.1) is 0 Å². The van der Waals surface area contributed by atoms with Crippen LogP contribution in [0.5, 0.6) is 0 Å². The van der Waals surface area contributed by atoms with E-state index in [1.807, 2.05) is 36.9 Å². The Bertz CT molecular complexity index is 635. The van der Waals surface area contributed by atoms with Gasteiger partial charge in [0.05, 0.1) is 0 Å². The molecule has 1 radical (unpaired) electrons. The van der Waals surface area contributed by atoms with E-state index in [1.165, 1.54) is 4.90 Å². The summed E-state index contributed by atoms with van der Waals surface area (Å²) in [5.74, 6) is 0.0466. The summed E-state index contributed by atoms with van der Waals surface area (Å²) in [5, 5.41) is 4.21. The molecule has 5 nitrogen and oxygen atoms in total. The van der Waals surface area contributed by atoms with Crippen molar-refractivity contribution in [2.45, 2.75) is 12.5 Å². The predicted octanol–water partition coefficient (Wildman–Crippen LogP) is 0.621. The minimum atomic E-state index is -0.407. The van der Waals surface area contributed by atoms with Gasteiger partial charge in [0, 0.05) is 43.2 Å². The Morgan fingerprint density at radius 1 is 1.40 bits per heavy atom. The van der Waals surface area contributed by atoms with Crippen molar-refractivity contribution in [1.82, 2.24) is 15.2 Å². The predicted molar refractivity (Wildman–Crippen MR) is 76.1 cm³/mol. The SMILES string of the molecule is O=[C]N1CCNCC1C(=O)Cc1c[nH]c2ccccc12. The van der Waals surface area contributed by atoms with Gasteiger partial charge in [-0.2, -0.15) is 0 Å². The number of Topliss-reactive ketones (excluding diaryl/α,β-unsaturated/α-hetero) is 1. The van der Waals surface area contributed by atoms with Gasteiger partial charge in [-0.3, -0.25) is 9.59 Å². The highest BCUT2D eigenvalue weighted by Crippen LogP contribution is 2.19. The molecular weight excluding hydrogens is 254 g/mol. The van der Waals surface area contributed by atoms with Gasteiger partial charge >= 0.3 is 6.41 Å². The van der Waals surface area contributed by atoms with Crippen LogP contribution >= 0.6 is 0 Å². The Labute approximate surface area is 117 Å². The molecule has 1 unspecified atom stereocenters. The van der Waals surface area contributed by atoms with Gasteiger partial charge in [-0.1, -0.05) is 18.2 Å². The topological polar surface area (TPSA) is 65.2 Å². The van der Waals surface area contributed by atoms with E-state index in [0.717, 1.165) is 16.5 Å². The third-order valence-electron chi connectivity index (χ3n) is 3.77. The lowest BCUT2D eigenvalue weighted by Gasteiger charge is -2.31. The molecule has 1 saturated heterocycles. The Morgan fingerprint density at radius 2 is 2.25 bits per heavy atom. The second kappa shape index (κ2) is 5.46. The van der Waals surface area contributed by atoms with Crippen LogP contribution in [0.15, 0.2) is 30.5 Å². The number of aromatic amines is 1. The van der Waals surface area contributed by atoms with Crippen LogP contribution in [0.25, 0.3) is 10.9 Å². The molecule has 1 aliphatic rings. The monoisotopic (exact) mass is 270 g/mol. The number of para-hydroxylation sites is 1. The van der Waals surface area contributed by atoms with Crippen molar-refractivity contribution in [3.05, 3.63) is 36.0 Å². The van der Waals surface area contributed by atoms with Crippen molar-refractivity contribution >= 4 is 23.1 Å². The van der Waals surface area contributed by atoms with E-state index in [4.69, 9.17) is 0 Å². The molecule has 3 rings (SSSR count). The molecule has 0 saturated carbocycles. The first-order chi connectivity index (χ1) is 9.79. The first-order valence-electron chi connectivity index (χ1n) is 6.72. The normalized spacial score (nSPS) is 19.2. The van der Waals surface area contributed by atoms with Crippen LogP contribution in [0.4, 0.5) is 0 Å². The molecule has 1 amide bonds. The molecule has 1 atom stereocenters. The van der Waals surface area contributed by atoms with Crippen molar-refractivity contribution in [2.24, 2.45) is 0 Å². The minimum Gasteiger partial charge on any atom is -0.361 e. The second-order valence-corrected chi connectivity index (χ2v) is 5.01. The number of carbonyl (C=O) groups excluding carboxylic acids is 2. The number of amides is 1. The summed E-state index contributed by atoms with van der Waals surface area (Å²) in [6.45, 7) is 1.76. The Morgan fingerprint density at radius 3 is 3.10 bits per heavy atom. The average molecular weight is 270 g/mol. The molecule has 2 heterocycles. The molecule has 0 bridgehead atoms. The number of piperazine rings is 1. The molecule has 0 spiro atoms. The van der Waals surface area contributed by atoms with Gasteiger partial charge in [-0.25, -0.2) is 0 Å². The number of benzene rings is 1. The molecule has 1 aromatic heterocycles. The second-order valence-electron chi connectivity index (χ2n) is 5.01. The summed E-state index contributed by atoms with van der Waals surface area (Å²) in [7, 11) is 0. The number of fused-ring (bicyclic) bond motifs is 1. The lowest BCUT2D eigenvalue weighted by atomic mass is 10.0. The lowest BCUT2D eigenvalue weighted by Crippen LogP contribution is -2.54. The van der Waals surface area contributed by atoms with E-state index in [9.17, 15) is 9.59 Å². The zero-order valence-corrected chi connectivity index (χ0v) is 11.1. The van der Waals surface area contributed by atoms with Gasteiger partial charge in [-0.05, 0) is 11.6 Å². The molecule has 1 fully saturated rings. The van der Waals surface area contributed by atoms with Crippen molar-refractivity contribution in [2.75, 3.05) is 19.6 Å². The van der Waals surface area contributed by atoms with E-state index in [1.54, 1.807) is 0 Å². The van der Waals surface area contributed by atoms with Gasteiger partial charge in [0.15, 0.2) is 5.78 Å². The largest absolute Gasteiger partial charge is 0.361 e. The summed E-state index contributed by atoms with van der Waals surface area (Å²) >= 11 is 0. The van der Waals surface area contributed by atoms with Crippen LogP contribution in [0.1, 0.15) is 5.56 Å². The highest BCUT2D eigenvalue weighted by Gasteiger charge is 2.28. The molecular formula is C15H16N3O2. The fourth-order valence-corrected chi connectivity index (χ4v) is 2.68. The number of rotatable bonds is 4.